The van der Waals surface area contributed by atoms with Crippen molar-refractivity contribution in [3.05, 3.63) is 20.8 Å². The molecule has 1 fully saturated rings. The minimum absolute atomic E-state index is 0.0556. The SMILES string of the molecule is CN=C1NC(=O)C(c2ccc(Br)s2)N1. The molecular formula is C8H8BrN3OS. The standard InChI is InChI=1S/C8H8BrN3OS/c1-10-8-11-6(7(13)12-8)4-2-3-5(9)14-4/h2-3,6H,1H3,(H2,10,11,12,13). The van der Waals surface area contributed by atoms with Crippen molar-refractivity contribution in [1.82, 2.24) is 10.6 Å². The van der Waals surface area contributed by atoms with E-state index in [4.69, 9.17) is 0 Å². The smallest absolute Gasteiger partial charge is 0.254 e. The first kappa shape index (κ1) is 9.67. The van der Waals surface area contributed by atoms with Crippen LogP contribution in [0.4, 0.5) is 0 Å². The van der Waals surface area contributed by atoms with Gasteiger partial charge in [-0.05, 0) is 28.1 Å². The van der Waals surface area contributed by atoms with Crippen molar-refractivity contribution in [2.24, 2.45) is 4.99 Å². The second-order valence-corrected chi connectivity index (χ2v) is 5.28. The molecule has 0 aromatic carbocycles. The number of amides is 1. The van der Waals surface area contributed by atoms with Crippen LogP contribution in [0.25, 0.3) is 0 Å². The molecule has 0 bridgehead atoms. The van der Waals surface area contributed by atoms with Gasteiger partial charge in [-0.1, -0.05) is 0 Å². The van der Waals surface area contributed by atoms with Crippen LogP contribution in [0.5, 0.6) is 0 Å². The largest absolute Gasteiger partial charge is 0.340 e. The number of aliphatic imine (C=N–C) groups is 1. The van der Waals surface area contributed by atoms with Crippen molar-refractivity contribution in [2.75, 3.05) is 7.05 Å². The van der Waals surface area contributed by atoms with Gasteiger partial charge in [-0.3, -0.25) is 15.1 Å². The topological polar surface area (TPSA) is 53.5 Å². The van der Waals surface area contributed by atoms with Gasteiger partial charge in [-0.2, -0.15) is 0 Å². The van der Waals surface area contributed by atoms with E-state index in [2.05, 4.69) is 31.6 Å². The Morgan fingerprint density at radius 1 is 1.57 bits per heavy atom. The van der Waals surface area contributed by atoms with Gasteiger partial charge in [-0.25, -0.2) is 0 Å². The third-order valence-corrected chi connectivity index (χ3v) is 3.58. The summed E-state index contributed by atoms with van der Waals surface area (Å²) in [6, 6.07) is 3.55. The number of guanidine groups is 1. The highest BCUT2D eigenvalue weighted by Gasteiger charge is 2.30. The zero-order chi connectivity index (χ0) is 10.1. The molecule has 2 N–H and O–H groups in total. The lowest BCUT2D eigenvalue weighted by molar-refractivity contribution is -0.120. The molecule has 0 aliphatic carbocycles. The van der Waals surface area contributed by atoms with Crippen LogP contribution < -0.4 is 10.6 Å². The Morgan fingerprint density at radius 3 is 2.86 bits per heavy atom. The van der Waals surface area contributed by atoms with Gasteiger partial charge in [0.05, 0.1) is 3.79 Å². The molecule has 6 heteroatoms. The van der Waals surface area contributed by atoms with Crippen molar-refractivity contribution in [3.8, 4) is 0 Å². The number of thiophene rings is 1. The van der Waals surface area contributed by atoms with Crippen LogP contribution in [0.2, 0.25) is 0 Å². The van der Waals surface area contributed by atoms with E-state index in [0.29, 0.717) is 5.96 Å². The summed E-state index contributed by atoms with van der Waals surface area (Å²) in [6.45, 7) is 0. The maximum Gasteiger partial charge on any atom is 0.254 e. The Labute approximate surface area is 93.5 Å². The van der Waals surface area contributed by atoms with Crippen LogP contribution in [0, 0.1) is 0 Å². The number of carbonyl (C=O) groups is 1. The molecular weight excluding hydrogens is 266 g/mol. The predicted octanol–water partition coefficient (Wildman–Crippen LogP) is 1.26. The number of hydrogen-bond donors (Lipinski definition) is 2. The van der Waals surface area contributed by atoms with E-state index in [0.717, 1.165) is 8.66 Å². The summed E-state index contributed by atoms with van der Waals surface area (Å²) < 4.78 is 1.02. The van der Waals surface area contributed by atoms with Gasteiger partial charge in [0.25, 0.3) is 5.91 Å². The summed E-state index contributed by atoms with van der Waals surface area (Å²) in [5.74, 6) is 0.476. The van der Waals surface area contributed by atoms with E-state index in [1.807, 2.05) is 12.1 Å². The lowest BCUT2D eigenvalue weighted by Crippen LogP contribution is -2.24. The molecule has 0 spiro atoms. The maximum absolute atomic E-state index is 11.5. The molecule has 1 aromatic heterocycles. The monoisotopic (exact) mass is 273 g/mol. The number of nitrogens with one attached hydrogen (secondary N) is 2. The average Bonchev–Trinajstić information content (AvgIpc) is 2.71. The molecule has 1 unspecified atom stereocenters. The normalized spacial score (nSPS) is 23.7. The molecule has 1 atom stereocenters. The molecule has 0 saturated carbocycles. The van der Waals surface area contributed by atoms with E-state index in [-0.39, 0.29) is 11.9 Å². The van der Waals surface area contributed by atoms with E-state index in [1.165, 1.54) is 11.3 Å². The minimum atomic E-state index is -0.301. The number of halogens is 1. The zero-order valence-corrected chi connectivity index (χ0v) is 9.78. The van der Waals surface area contributed by atoms with Gasteiger partial charge in [0, 0.05) is 11.9 Å². The second-order valence-electron chi connectivity index (χ2n) is 2.78. The highest BCUT2D eigenvalue weighted by Crippen LogP contribution is 2.28. The number of carbonyl (C=O) groups excluding carboxylic acids is 1. The summed E-state index contributed by atoms with van der Waals surface area (Å²) >= 11 is 4.90. The van der Waals surface area contributed by atoms with Crippen molar-refractivity contribution in [1.29, 1.82) is 0 Å². The van der Waals surface area contributed by atoms with Gasteiger partial charge in [0.2, 0.25) is 0 Å². The first-order valence-corrected chi connectivity index (χ1v) is 5.61. The van der Waals surface area contributed by atoms with E-state index >= 15 is 0 Å². The van der Waals surface area contributed by atoms with Crippen molar-refractivity contribution >= 4 is 39.1 Å². The molecule has 1 saturated heterocycles. The van der Waals surface area contributed by atoms with Crippen LogP contribution in [0.3, 0.4) is 0 Å². The fraction of sp³-hybridized carbons (Fsp3) is 0.250. The fourth-order valence-corrected chi connectivity index (χ4v) is 2.71. The van der Waals surface area contributed by atoms with E-state index < -0.39 is 0 Å². The molecule has 0 radical (unpaired) electrons. The molecule has 4 nitrogen and oxygen atoms in total. The summed E-state index contributed by atoms with van der Waals surface area (Å²) in [4.78, 5) is 16.4. The first-order valence-electron chi connectivity index (χ1n) is 4.00. The van der Waals surface area contributed by atoms with Gasteiger partial charge < -0.3 is 5.32 Å². The third-order valence-electron chi connectivity index (χ3n) is 1.89. The summed E-state index contributed by atoms with van der Waals surface area (Å²) in [5.41, 5.74) is 0. The Hall–Kier alpha value is -0.880. The van der Waals surface area contributed by atoms with Crippen molar-refractivity contribution in [3.63, 3.8) is 0 Å². The fourth-order valence-electron chi connectivity index (χ4n) is 1.23. The molecule has 14 heavy (non-hydrogen) atoms. The Morgan fingerprint density at radius 2 is 2.36 bits per heavy atom. The molecule has 2 rings (SSSR count). The number of rotatable bonds is 1. The van der Waals surface area contributed by atoms with E-state index in [1.54, 1.807) is 7.05 Å². The summed E-state index contributed by atoms with van der Waals surface area (Å²) in [7, 11) is 1.63. The van der Waals surface area contributed by atoms with Gasteiger partial charge >= 0.3 is 0 Å². The highest BCUT2D eigenvalue weighted by molar-refractivity contribution is 9.11. The molecule has 2 heterocycles. The van der Waals surface area contributed by atoms with Gasteiger partial charge in [0.1, 0.15) is 6.04 Å². The lowest BCUT2D eigenvalue weighted by Gasteiger charge is -2.02. The second kappa shape index (κ2) is 3.70. The third kappa shape index (κ3) is 1.67. The Balaban J connectivity index is 2.24. The molecule has 74 valence electrons. The van der Waals surface area contributed by atoms with Crippen LogP contribution >= 0.6 is 27.3 Å². The predicted molar refractivity (Wildman–Crippen MR) is 59.4 cm³/mol. The van der Waals surface area contributed by atoms with Crippen LogP contribution in [-0.4, -0.2) is 18.9 Å². The lowest BCUT2D eigenvalue weighted by atomic mass is 10.2. The quantitative estimate of drug-likeness (QED) is 0.810. The Kier molecular flexibility index (Phi) is 2.56. The summed E-state index contributed by atoms with van der Waals surface area (Å²) in [5, 5.41) is 5.65. The highest BCUT2D eigenvalue weighted by atomic mass is 79.9. The Bertz CT molecular complexity index is 401. The van der Waals surface area contributed by atoms with Gasteiger partial charge in [-0.15, -0.1) is 11.3 Å². The van der Waals surface area contributed by atoms with Gasteiger partial charge in [0.15, 0.2) is 5.96 Å². The zero-order valence-electron chi connectivity index (χ0n) is 7.37. The minimum Gasteiger partial charge on any atom is -0.340 e. The summed E-state index contributed by atoms with van der Waals surface area (Å²) in [6.07, 6.45) is 0. The van der Waals surface area contributed by atoms with Crippen LogP contribution in [0.15, 0.2) is 20.9 Å². The van der Waals surface area contributed by atoms with Crippen LogP contribution in [0.1, 0.15) is 10.9 Å². The number of hydrogen-bond acceptors (Lipinski definition) is 3. The molecule has 1 aromatic rings. The van der Waals surface area contributed by atoms with E-state index in [9.17, 15) is 4.79 Å². The van der Waals surface area contributed by atoms with Crippen molar-refractivity contribution in [2.45, 2.75) is 6.04 Å². The maximum atomic E-state index is 11.5. The number of nitrogens with zero attached hydrogens (tertiary/aromatic N) is 1. The van der Waals surface area contributed by atoms with Crippen LogP contribution in [-0.2, 0) is 4.79 Å². The van der Waals surface area contributed by atoms with Crippen molar-refractivity contribution < 1.29 is 4.79 Å². The average molecular weight is 274 g/mol. The molecule has 1 aliphatic rings. The first-order chi connectivity index (χ1) is 6.70. The molecule has 1 aliphatic heterocycles. The molecule has 1 amide bonds.